The third-order valence-corrected chi connectivity index (χ3v) is 8.85. The minimum Gasteiger partial charge on any atom is -0.378 e. The molecule has 3 aliphatic rings. The second-order valence-corrected chi connectivity index (χ2v) is 11.8. The van der Waals surface area contributed by atoms with Gasteiger partial charge in [-0.2, -0.15) is 0 Å². The molecule has 0 unspecified atom stereocenters. The monoisotopic (exact) mass is 514 g/mol. The molecule has 2 N–H and O–H groups in total. The Morgan fingerprint density at radius 2 is 1.79 bits per heavy atom. The zero-order valence-corrected chi connectivity index (χ0v) is 22.6. The molecule has 1 aromatic heterocycles. The van der Waals surface area contributed by atoms with Crippen molar-refractivity contribution in [2.75, 3.05) is 43.1 Å². The van der Waals surface area contributed by atoms with Crippen molar-refractivity contribution in [3.8, 4) is 0 Å². The van der Waals surface area contributed by atoms with Crippen LogP contribution in [0.3, 0.4) is 0 Å². The number of carbonyl (C=O) groups excluding carboxylic acids is 2. The fourth-order valence-corrected chi connectivity index (χ4v) is 6.44. The lowest BCUT2D eigenvalue weighted by Crippen LogP contribution is -2.40. The second-order valence-electron chi connectivity index (χ2n) is 11.8. The summed E-state index contributed by atoms with van der Waals surface area (Å²) in [7, 11) is 0. The quantitative estimate of drug-likeness (QED) is 0.440. The predicted octanol–water partition coefficient (Wildman–Crippen LogP) is 5.07. The van der Waals surface area contributed by atoms with E-state index >= 15 is 0 Å². The van der Waals surface area contributed by atoms with Crippen LogP contribution in [-0.4, -0.2) is 60.6 Å². The molecule has 2 aliphatic carbocycles. The van der Waals surface area contributed by atoms with Gasteiger partial charge in [-0.1, -0.05) is 32.0 Å². The number of amides is 2. The topological polar surface area (TPSA) is 77.7 Å². The number of carbonyl (C=O) groups is 2. The molecule has 200 valence electrons. The standard InChI is InChI=1S/C31H38N4O3/c1-20-29(24-6-4-5-7-26(24)32-20)30-25(31(30,2)3)18-28(37)35(23-12-13-23)19-27(36)33-21-8-10-22(11-9-21)34-14-16-38-17-15-34/h4-11,23,25,30,32H,12-19H2,1-3H3,(H,33,36)/t25-,30+/m1/s1. The van der Waals surface area contributed by atoms with Gasteiger partial charge in [0.25, 0.3) is 0 Å². The maximum absolute atomic E-state index is 13.6. The van der Waals surface area contributed by atoms with Gasteiger partial charge >= 0.3 is 0 Å². The van der Waals surface area contributed by atoms with Gasteiger partial charge in [-0.15, -0.1) is 0 Å². The Bertz CT molecular complexity index is 1330. The third-order valence-electron chi connectivity index (χ3n) is 8.85. The Morgan fingerprint density at radius 1 is 1.08 bits per heavy atom. The van der Waals surface area contributed by atoms with Crippen LogP contribution >= 0.6 is 0 Å². The lowest BCUT2D eigenvalue weighted by Gasteiger charge is -2.29. The Labute approximate surface area is 224 Å². The number of H-pyrrole nitrogens is 1. The van der Waals surface area contributed by atoms with Crippen LogP contribution in [0.15, 0.2) is 48.5 Å². The van der Waals surface area contributed by atoms with Crippen molar-refractivity contribution in [1.82, 2.24) is 9.88 Å². The summed E-state index contributed by atoms with van der Waals surface area (Å²) in [6.07, 6.45) is 2.44. The molecule has 2 saturated carbocycles. The molecule has 38 heavy (non-hydrogen) atoms. The molecule has 0 radical (unpaired) electrons. The number of fused-ring (bicyclic) bond motifs is 1. The average Bonchev–Trinajstić information content (AvgIpc) is 3.80. The first-order chi connectivity index (χ1) is 18.3. The summed E-state index contributed by atoms with van der Waals surface area (Å²) < 4.78 is 5.43. The number of anilines is 2. The Balaban J connectivity index is 1.09. The number of hydrogen-bond acceptors (Lipinski definition) is 4. The number of aromatic amines is 1. The van der Waals surface area contributed by atoms with Gasteiger partial charge < -0.3 is 24.8 Å². The maximum atomic E-state index is 13.6. The molecule has 2 atom stereocenters. The van der Waals surface area contributed by atoms with Crippen LogP contribution in [-0.2, 0) is 14.3 Å². The molecule has 2 amide bonds. The van der Waals surface area contributed by atoms with Gasteiger partial charge in [0.2, 0.25) is 11.8 Å². The smallest absolute Gasteiger partial charge is 0.244 e. The fraction of sp³-hybridized carbons (Fsp3) is 0.484. The van der Waals surface area contributed by atoms with Gasteiger partial charge in [0.1, 0.15) is 6.54 Å². The van der Waals surface area contributed by atoms with E-state index in [4.69, 9.17) is 4.74 Å². The number of hydrogen-bond donors (Lipinski definition) is 2. The highest BCUT2D eigenvalue weighted by Crippen LogP contribution is 2.67. The number of aryl methyl sites for hydroxylation is 1. The van der Waals surface area contributed by atoms with E-state index < -0.39 is 0 Å². The molecular formula is C31H38N4O3. The van der Waals surface area contributed by atoms with Crippen LogP contribution in [0.4, 0.5) is 11.4 Å². The number of rotatable bonds is 8. The van der Waals surface area contributed by atoms with Gasteiger partial charge in [0, 0.05) is 53.5 Å². The summed E-state index contributed by atoms with van der Waals surface area (Å²) in [6.45, 7) is 10.0. The van der Waals surface area contributed by atoms with Crippen LogP contribution < -0.4 is 10.2 Å². The molecule has 1 saturated heterocycles. The van der Waals surface area contributed by atoms with Crippen LogP contribution in [0.2, 0.25) is 0 Å². The predicted molar refractivity (Wildman–Crippen MR) is 151 cm³/mol. The molecule has 3 fully saturated rings. The molecule has 7 heteroatoms. The Morgan fingerprint density at radius 3 is 2.50 bits per heavy atom. The molecule has 3 aromatic rings. The summed E-state index contributed by atoms with van der Waals surface area (Å²) in [5, 5.41) is 4.26. The molecule has 0 bridgehead atoms. The van der Waals surface area contributed by atoms with Crippen molar-refractivity contribution in [3.05, 3.63) is 59.8 Å². The SMILES string of the molecule is Cc1[nH]c2ccccc2c1[C@@H]1[C@@H](CC(=O)N(CC(=O)Nc2ccc(N3CCOCC3)cc2)C2CC2)C1(C)C. The summed E-state index contributed by atoms with van der Waals surface area (Å²) in [5.41, 5.74) is 5.63. The van der Waals surface area contributed by atoms with E-state index in [1.54, 1.807) is 0 Å². The fourth-order valence-electron chi connectivity index (χ4n) is 6.44. The van der Waals surface area contributed by atoms with E-state index in [-0.39, 0.29) is 35.7 Å². The van der Waals surface area contributed by atoms with E-state index in [0.29, 0.717) is 12.3 Å². The van der Waals surface area contributed by atoms with Gasteiger partial charge in [-0.25, -0.2) is 0 Å². The normalized spacial score (nSPS) is 22.3. The number of nitrogens with zero attached hydrogens (tertiary/aromatic N) is 2. The number of para-hydroxylation sites is 1. The number of morpholine rings is 1. The van der Waals surface area contributed by atoms with Crippen molar-refractivity contribution in [2.24, 2.45) is 11.3 Å². The van der Waals surface area contributed by atoms with Crippen LogP contribution in [0.25, 0.3) is 10.9 Å². The average molecular weight is 515 g/mol. The third kappa shape index (κ3) is 4.80. The summed E-state index contributed by atoms with van der Waals surface area (Å²) in [5.74, 6) is 0.569. The lowest BCUT2D eigenvalue weighted by atomic mass is 10.0. The number of ether oxygens (including phenoxy) is 1. The minimum atomic E-state index is -0.136. The first-order valence-electron chi connectivity index (χ1n) is 13.9. The molecule has 7 nitrogen and oxygen atoms in total. The van der Waals surface area contributed by atoms with Gasteiger partial charge in [-0.3, -0.25) is 9.59 Å². The van der Waals surface area contributed by atoms with Crippen molar-refractivity contribution in [3.63, 3.8) is 0 Å². The highest BCUT2D eigenvalue weighted by atomic mass is 16.5. The second kappa shape index (κ2) is 9.77. The molecule has 2 aromatic carbocycles. The number of benzene rings is 2. The van der Waals surface area contributed by atoms with E-state index in [0.717, 1.165) is 56.0 Å². The van der Waals surface area contributed by atoms with E-state index in [2.05, 4.69) is 60.2 Å². The zero-order chi connectivity index (χ0) is 26.4. The highest BCUT2D eigenvalue weighted by molar-refractivity contribution is 5.95. The summed E-state index contributed by atoms with van der Waals surface area (Å²) in [6, 6.07) is 16.6. The Kier molecular flexibility index (Phi) is 6.42. The maximum Gasteiger partial charge on any atom is 0.244 e. The molecule has 1 aliphatic heterocycles. The van der Waals surface area contributed by atoms with Gasteiger partial charge in [0.15, 0.2) is 0 Å². The molecule has 2 heterocycles. The van der Waals surface area contributed by atoms with E-state index in [1.165, 1.54) is 16.6 Å². The zero-order valence-electron chi connectivity index (χ0n) is 22.6. The highest BCUT2D eigenvalue weighted by Gasteiger charge is 2.60. The van der Waals surface area contributed by atoms with Crippen LogP contribution in [0, 0.1) is 18.3 Å². The molecule has 6 rings (SSSR count). The minimum absolute atomic E-state index is 0.0467. The van der Waals surface area contributed by atoms with Crippen LogP contribution in [0.1, 0.15) is 50.3 Å². The summed E-state index contributed by atoms with van der Waals surface area (Å²) in [4.78, 5) is 34.2. The lowest BCUT2D eigenvalue weighted by molar-refractivity contribution is -0.135. The van der Waals surface area contributed by atoms with Gasteiger partial charge in [0.05, 0.1) is 13.2 Å². The first-order valence-corrected chi connectivity index (χ1v) is 13.9. The van der Waals surface area contributed by atoms with Crippen molar-refractivity contribution < 1.29 is 14.3 Å². The van der Waals surface area contributed by atoms with E-state index in [1.807, 2.05) is 29.2 Å². The van der Waals surface area contributed by atoms with E-state index in [9.17, 15) is 9.59 Å². The largest absolute Gasteiger partial charge is 0.378 e. The van der Waals surface area contributed by atoms with Crippen molar-refractivity contribution in [1.29, 1.82) is 0 Å². The van der Waals surface area contributed by atoms with Crippen molar-refractivity contribution >= 4 is 34.1 Å². The van der Waals surface area contributed by atoms with Gasteiger partial charge in [-0.05, 0) is 72.9 Å². The van der Waals surface area contributed by atoms with Crippen LogP contribution in [0.5, 0.6) is 0 Å². The Hall–Kier alpha value is -3.32. The first kappa shape index (κ1) is 25.0. The van der Waals surface area contributed by atoms with Crippen molar-refractivity contribution in [2.45, 2.75) is 52.0 Å². The molecule has 0 spiro atoms. The molecular weight excluding hydrogens is 476 g/mol. The number of aromatic nitrogens is 1. The number of nitrogens with one attached hydrogen (secondary N) is 2. The summed E-state index contributed by atoms with van der Waals surface area (Å²) >= 11 is 0.